The second-order valence-electron chi connectivity index (χ2n) is 6.12. The fourth-order valence-corrected chi connectivity index (χ4v) is 2.51. The van der Waals surface area contributed by atoms with E-state index in [1.807, 2.05) is 50.2 Å². The Hall–Kier alpha value is -3.08. The Morgan fingerprint density at radius 2 is 1.88 bits per heavy atom. The molecule has 0 amide bonds. The van der Waals surface area contributed by atoms with Gasteiger partial charge in [0, 0.05) is 11.5 Å². The zero-order valence-electron chi connectivity index (χ0n) is 14.8. The van der Waals surface area contributed by atoms with E-state index >= 15 is 0 Å². The largest absolute Gasteiger partial charge is 0.491 e. The summed E-state index contributed by atoms with van der Waals surface area (Å²) in [5.41, 5.74) is 1.80. The van der Waals surface area contributed by atoms with E-state index in [0.29, 0.717) is 11.5 Å². The summed E-state index contributed by atoms with van der Waals surface area (Å²) in [7, 11) is 0. The Labute approximate surface area is 152 Å². The Morgan fingerprint density at radius 1 is 1.12 bits per heavy atom. The van der Waals surface area contributed by atoms with Crippen LogP contribution in [-0.4, -0.2) is 22.2 Å². The van der Waals surface area contributed by atoms with Crippen LogP contribution in [0, 0.1) is 0 Å². The van der Waals surface area contributed by atoms with Gasteiger partial charge in [-0.05, 0) is 37.6 Å². The summed E-state index contributed by atoms with van der Waals surface area (Å²) in [6, 6.07) is 16.5. The summed E-state index contributed by atoms with van der Waals surface area (Å²) in [6.45, 7) is 4.19. The van der Waals surface area contributed by atoms with E-state index in [2.05, 4.69) is 4.98 Å². The number of fused-ring (bicyclic) bond motifs is 1. The monoisotopic (exact) mass is 351 g/mol. The van der Waals surface area contributed by atoms with Crippen molar-refractivity contribution < 1.29 is 19.4 Å². The lowest BCUT2D eigenvalue weighted by Crippen LogP contribution is -2.10. The van der Waals surface area contributed by atoms with Crippen molar-refractivity contribution in [2.45, 2.75) is 33.0 Å². The Kier molecular flexibility index (Phi) is 5.37. The Balaban J connectivity index is 1.79. The van der Waals surface area contributed by atoms with E-state index in [1.165, 1.54) is 12.1 Å². The van der Waals surface area contributed by atoms with Gasteiger partial charge in [-0.3, -0.25) is 0 Å². The number of ether oxygens (including phenoxy) is 2. The number of para-hydroxylation sites is 1. The zero-order chi connectivity index (χ0) is 18.5. The van der Waals surface area contributed by atoms with Crippen LogP contribution in [0.25, 0.3) is 10.9 Å². The summed E-state index contributed by atoms with van der Waals surface area (Å²) in [5, 5.41) is 10.4. The summed E-state index contributed by atoms with van der Waals surface area (Å²) < 4.78 is 11.5. The minimum Gasteiger partial charge on any atom is -0.491 e. The molecule has 2 aromatic carbocycles. The molecule has 0 spiro atoms. The first-order valence-corrected chi connectivity index (χ1v) is 8.57. The first kappa shape index (κ1) is 17.7. The van der Waals surface area contributed by atoms with Crippen LogP contribution in [0.2, 0.25) is 0 Å². The van der Waals surface area contributed by atoms with Crippen molar-refractivity contribution >= 4 is 16.9 Å². The average molecular weight is 351 g/mol. The predicted octanol–water partition coefficient (Wildman–Crippen LogP) is 4.69. The molecule has 1 atom stereocenters. The van der Waals surface area contributed by atoms with Crippen LogP contribution in [0.15, 0.2) is 54.6 Å². The molecule has 0 radical (unpaired) electrons. The molecule has 1 unspecified atom stereocenters. The molecule has 1 aromatic heterocycles. The summed E-state index contributed by atoms with van der Waals surface area (Å²) in [4.78, 5) is 15.9. The molecule has 0 fully saturated rings. The maximum atomic E-state index is 11.4. The van der Waals surface area contributed by atoms with Crippen LogP contribution in [0.3, 0.4) is 0 Å². The first-order valence-electron chi connectivity index (χ1n) is 8.57. The molecule has 1 N–H and O–H groups in total. The van der Waals surface area contributed by atoms with Gasteiger partial charge in [-0.15, -0.1) is 0 Å². The topological polar surface area (TPSA) is 68.7 Å². The molecule has 5 nitrogen and oxygen atoms in total. The fraction of sp³-hybridized carbons (Fsp3) is 0.238. The SMILES string of the molecule is CCC(C)Oc1cc(OCc2ccc3ccccc3n2)cc(C(=O)O)c1. The minimum atomic E-state index is -1.02. The van der Waals surface area contributed by atoms with Crippen LogP contribution in [-0.2, 0) is 6.61 Å². The lowest BCUT2D eigenvalue weighted by molar-refractivity contribution is 0.0695. The molecule has 0 aliphatic carbocycles. The zero-order valence-corrected chi connectivity index (χ0v) is 14.8. The van der Waals surface area contributed by atoms with Crippen molar-refractivity contribution in [2.75, 3.05) is 0 Å². The molecule has 134 valence electrons. The van der Waals surface area contributed by atoms with E-state index in [4.69, 9.17) is 9.47 Å². The lowest BCUT2D eigenvalue weighted by Gasteiger charge is -2.15. The van der Waals surface area contributed by atoms with Crippen molar-refractivity contribution in [2.24, 2.45) is 0 Å². The molecule has 1 heterocycles. The van der Waals surface area contributed by atoms with Gasteiger partial charge in [0.15, 0.2) is 0 Å². The van der Waals surface area contributed by atoms with Gasteiger partial charge >= 0.3 is 5.97 Å². The standard InChI is InChI=1S/C21H21NO4/c1-3-14(2)26-19-11-16(21(23)24)10-18(12-19)25-13-17-9-8-15-6-4-5-7-20(15)22-17/h4-12,14H,3,13H2,1-2H3,(H,23,24). The van der Waals surface area contributed by atoms with Crippen LogP contribution in [0.5, 0.6) is 11.5 Å². The number of pyridine rings is 1. The third-order valence-electron chi connectivity index (χ3n) is 4.08. The summed E-state index contributed by atoms with van der Waals surface area (Å²) >= 11 is 0. The summed E-state index contributed by atoms with van der Waals surface area (Å²) in [5.74, 6) is -0.0906. The van der Waals surface area contributed by atoms with Crippen molar-refractivity contribution in [3.8, 4) is 11.5 Å². The van der Waals surface area contributed by atoms with Crippen LogP contribution >= 0.6 is 0 Å². The summed E-state index contributed by atoms with van der Waals surface area (Å²) in [6.07, 6.45) is 0.822. The Morgan fingerprint density at radius 3 is 2.65 bits per heavy atom. The quantitative estimate of drug-likeness (QED) is 0.669. The van der Waals surface area contributed by atoms with Crippen LogP contribution in [0.1, 0.15) is 36.3 Å². The number of hydrogen-bond donors (Lipinski definition) is 1. The van der Waals surface area contributed by atoms with Gasteiger partial charge in [0.05, 0.1) is 22.9 Å². The maximum Gasteiger partial charge on any atom is 0.335 e. The molecule has 0 saturated carbocycles. The number of aromatic nitrogens is 1. The fourth-order valence-electron chi connectivity index (χ4n) is 2.51. The van der Waals surface area contributed by atoms with E-state index in [-0.39, 0.29) is 18.3 Å². The second kappa shape index (κ2) is 7.87. The molecule has 3 rings (SSSR count). The molecule has 0 aliphatic heterocycles. The lowest BCUT2D eigenvalue weighted by atomic mass is 10.2. The van der Waals surface area contributed by atoms with E-state index in [0.717, 1.165) is 23.0 Å². The highest BCUT2D eigenvalue weighted by Gasteiger charge is 2.11. The van der Waals surface area contributed by atoms with Gasteiger partial charge in [-0.2, -0.15) is 0 Å². The van der Waals surface area contributed by atoms with E-state index < -0.39 is 5.97 Å². The number of carboxylic acids is 1. The van der Waals surface area contributed by atoms with E-state index in [9.17, 15) is 9.90 Å². The number of hydrogen-bond acceptors (Lipinski definition) is 4. The predicted molar refractivity (Wildman–Crippen MR) is 99.9 cm³/mol. The molecule has 0 aliphatic rings. The third-order valence-corrected chi connectivity index (χ3v) is 4.08. The van der Waals surface area contributed by atoms with E-state index in [1.54, 1.807) is 6.07 Å². The molecule has 0 saturated heterocycles. The molecule has 26 heavy (non-hydrogen) atoms. The van der Waals surface area contributed by atoms with Gasteiger partial charge in [0.1, 0.15) is 18.1 Å². The average Bonchev–Trinajstić information content (AvgIpc) is 2.65. The van der Waals surface area contributed by atoms with Crippen LogP contribution in [0.4, 0.5) is 0 Å². The van der Waals surface area contributed by atoms with Gasteiger partial charge in [-0.25, -0.2) is 9.78 Å². The second-order valence-corrected chi connectivity index (χ2v) is 6.12. The van der Waals surface area contributed by atoms with Gasteiger partial charge in [0.2, 0.25) is 0 Å². The van der Waals surface area contributed by atoms with Crippen molar-refractivity contribution in [1.82, 2.24) is 4.98 Å². The Bertz CT molecular complexity index is 923. The van der Waals surface area contributed by atoms with Gasteiger partial charge in [0.25, 0.3) is 0 Å². The van der Waals surface area contributed by atoms with Gasteiger partial charge in [-0.1, -0.05) is 31.2 Å². The number of carboxylic acid groups (broad SMARTS) is 1. The van der Waals surface area contributed by atoms with Gasteiger partial charge < -0.3 is 14.6 Å². The molecule has 5 heteroatoms. The highest BCUT2D eigenvalue weighted by atomic mass is 16.5. The smallest absolute Gasteiger partial charge is 0.335 e. The number of rotatable bonds is 7. The maximum absolute atomic E-state index is 11.4. The first-order chi connectivity index (χ1) is 12.5. The molecule has 3 aromatic rings. The molecular weight excluding hydrogens is 330 g/mol. The van der Waals surface area contributed by atoms with Crippen molar-refractivity contribution in [3.05, 3.63) is 65.9 Å². The molecule has 0 bridgehead atoms. The number of carbonyl (C=O) groups is 1. The van der Waals surface area contributed by atoms with Crippen LogP contribution < -0.4 is 9.47 Å². The molecular formula is C21H21NO4. The highest BCUT2D eigenvalue weighted by molar-refractivity contribution is 5.88. The normalized spacial score (nSPS) is 11.9. The highest BCUT2D eigenvalue weighted by Crippen LogP contribution is 2.25. The number of nitrogens with zero attached hydrogens (tertiary/aromatic N) is 1. The third kappa shape index (κ3) is 4.30. The van der Waals surface area contributed by atoms with Crippen molar-refractivity contribution in [1.29, 1.82) is 0 Å². The number of benzene rings is 2. The van der Waals surface area contributed by atoms with Crippen molar-refractivity contribution in [3.63, 3.8) is 0 Å². The number of aromatic carboxylic acids is 1. The minimum absolute atomic E-state index is 0.00551.